The van der Waals surface area contributed by atoms with Crippen LogP contribution in [0.5, 0.6) is 0 Å². The minimum Gasteiger partial charge on any atom is -0.467 e. The maximum Gasteiger partial charge on any atom is 0.340 e. The molecular formula is C24H24N2O5S. The minimum atomic E-state index is -0.970. The van der Waals surface area contributed by atoms with Crippen molar-refractivity contribution in [1.29, 1.82) is 0 Å². The molecule has 0 bridgehead atoms. The van der Waals surface area contributed by atoms with Crippen LogP contribution in [0.3, 0.4) is 0 Å². The molecule has 166 valence electrons. The molecule has 3 rings (SSSR count). The molecular weight excluding hydrogens is 428 g/mol. The number of thioether (sulfide) groups is 1. The third-order valence-electron chi connectivity index (χ3n) is 4.61. The molecule has 32 heavy (non-hydrogen) atoms. The van der Waals surface area contributed by atoms with E-state index in [-0.39, 0.29) is 17.6 Å². The Bertz CT molecular complexity index is 1050. The van der Waals surface area contributed by atoms with Gasteiger partial charge in [-0.2, -0.15) is 0 Å². The molecule has 1 aromatic heterocycles. The van der Waals surface area contributed by atoms with Crippen molar-refractivity contribution < 1.29 is 23.5 Å². The highest BCUT2D eigenvalue weighted by molar-refractivity contribution is 8.00. The highest BCUT2D eigenvalue weighted by atomic mass is 32.2. The summed E-state index contributed by atoms with van der Waals surface area (Å²) in [5, 5.41) is 2.76. The number of benzene rings is 2. The first-order chi connectivity index (χ1) is 15.5. The number of carbonyl (C=O) groups excluding carboxylic acids is 3. The quantitative estimate of drug-likeness (QED) is 0.391. The maximum absolute atomic E-state index is 12.7. The number of esters is 1. The number of rotatable bonds is 9. The van der Waals surface area contributed by atoms with Gasteiger partial charge in [0.2, 0.25) is 5.91 Å². The molecule has 2 aromatic carbocycles. The summed E-state index contributed by atoms with van der Waals surface area (Å²) in [5.74, 6) is -0.372. The third kappa shape index (κ3) is 6.24. The van der Waals surface area contributed by atoms with E-state index < -0.39 is 12.1 Å². The molecule has 1 N–H and O–H groups in total. The van der Waals surface area contributed by atoms with E-state index in [4.69, 9.17) is 9.15 Å². The lowest BCUT2D eigenvalue weighted by atomic mass is 10.2. The molecule has 0 aliphatic rings. The topological polar surface area (TPSA) is 88.9 Å². The lowest BCUT2D eigenvalue weighted by molar-refractivity contribution is -0.126. The molecule has 7 nitrogen and oxygen atoms in total. The van der Waals surface area contributed by atoms with Crippen molar-refractivity contribution in [2.75, 3.05) is 17.7 Å². The molecule has 1 atom stereocenters. The number of para-hydroxylation sites is 1. The summed E-state index contributed by atoms with van der Waals surface area (Å²) in [7, 11) is 1.63. The summed E-state index contributed by atoms with van der Waals surface area (Å²) in [6, 6.07) is 19.5. The van der Waals surface area contributed by atoms with Crippen molar-refractivity contribution in [1.82, 2.24) is 5.32 Å². The van der Waals surface area contributed by atoms with Crippen LogP contribution in [0, 0.1) is 0 Å². The number of nitrogens with one attached hydrogen (secondary N) is 1. The Hall–Kier alpha value is -3.52. The first kappa shape index (κ1) is 23.1. The van der Waals surface area contributed by atoms with Crippen LogP contribution in [0.4, 0.5) is 5.69 Å². The van der Waals surface area contributed by atoms with Crippen molar-refractivity contribution in [3.05, 3.63) is 84.3 Å². The Morgan fingerprint density at radius 1 is 1.03 bits per heavy atom. The van der Waals surface area contributed by atoms with Crippen LogP contribution >= 0.6 is 11.8 Å². The van der Waals surface area contributed by atoms with Crippen LogP contribution in [-0.2, 0) is 20.9 Å². The van der Waals surface area contributed by atoms with Crippen molar-refractivity contribution in [3.8, 4) is 0 Å². The van der Waals surface area contributed by atoms with E-state index >= 15 is 0 Å². The SMILES string of the molecule is C[C@H](OC(=O)c1ccccc1SCC(=O)NCc1ccco1)C(=O)N(C)c1ccccc1. The molecule has 0 radical (unpaired) electrons. The highest BCUT2D eigenvalue weighted by Gasteiger charge is 2.24. The average Bonchev–Trinajstić information content (AvgIpc) is 3.35. The van der Waals surface area contributed by atoms with E-state index in [1.807, 2.05) is 18.2 Å². The number of ether oxygens (including phenoxy) is 1. The second kappa shape index (κ2) is 11.2. The van der Waals surface area contributed by atoms with Gasteiger partial charge in [0.1, 0.15) is 5.76 Å². The Morgan fingerprint density at radius 3 is 2.47 bits per heavy atom. The number of hydrogen-bond donors (Lipinski definition) is 1. The normalized spacial score (nSPS) is 11.4. The molecule has 3 aromatic rings. The van der Waals surface area contributed by atoms with Crippen molar-refractivity contribution in [2.45, 2.75) is 24.5 Å². The Kier molecular flexibility index (Phi) is 8.10. The molecule has 0 saturated carbocycles. The van der Waals surface area contributed by atoms with Crippen molar-refractivity contribution in [3.63, 3.8) is 0 Å². The smallest absolute Gasteiger partial charge is 0.340 e. The van der Waals surface area contributed by atoms with Gasteiger partial charge in [0.15, 0.2) is 6.10 Å². The highest BCUT2D eigenvalue weighted by Crippen LogP contribution is 2.24. The summed E-state index contributed by atoms with van der Waals surface area (Å²) in [6.45, 7) is 1.84. The van der Waals surface area contributed by atoms with Crippen LogP contribution in [0.2, 0.25) is 0 Å². The van der Waals surface area contributed by atoms with E-state index in [1.54, 1.807) is 61.8 Å². The van der Waals surface area contributed by atoms with E-state index in [2.05, 4.69) is 5.32 Å². The van der Waals surface area contributed by atoms with Gasteiger partial charge in [-0.05, 0) is 43.3 Å². The molecule has 0 aliphatic heterocycles. The molecule has 0 unspecified atom stereocenters. The molecule has 0 spiro atoms. The Balaban J connectivity index is 1.57. The second-order valence-corrected chi connectivity index (χ2v) is 7.94. The van der Waals surface area contributed by atoms with Gasteiger partial charge in [0.25, 0.3) is 5.91 Å². The summed E-state index contributed by atoms with van der Waals surface area (Å²) < 4.78 is 10.6. The third-order valence-corrected chi connectivity index (χ3v) is 5.68. The second-order valence-electron chi connectivity index (χ2n) is 6.92. The Morgan fingerprint density at radius 2 is 1.75 bits per heavy atom. The fraction of sp³-hybridized carbons (Fsp3) is 0.208. The number of likely N-dealkylation sites (N-methyl/N-ethyl adjacent to an activating group) is 1. The van der Waals surface area contributed by atoms with E-state index in [0.29, 0.717) is 28.5 Å². The first-order valence-corrected chi connectivity index (χ1v) is 11.0. The lowest BCUT2D eigenvalue weighted by Crippen LogP contribution is -2.37. The summed E-state index contributed by atoms with van der Waals surface area (Å²) >= 11 is 1.22. The fourth-order valence-electron chi connectivity index (χ4n) is 2.88. The van der Waals surface area contributed by atoms with Crippen molar-refractivity contribution in [2.24, 2.45) is 0 Å². The van der Waals surface area contributed by atoms with Gasteiger partial charge in [0.05, 0.1) is 24.1 Å². The molecule has 0 aliphatic carbocycles. The zero-order chi connectivity index (χ0) is 22.9. The monoisotopic (exact) mass is 452 g/mol. The zero-order valence-electron chi connectivity index (χ0n) is 17.8. The minimum absolute atomic E-state index is 0.121. The summed E-state index contributed by atoms with van der Waals surface area (Å²) in [5.41, 5.74) is 1.01. The predicted molar refractivity (Wildman–Crippen MR) is 122 cm³/mol. The molecule has 8 heteroatoms. The number of anilines is 1. The molecule has 1 heterocycles. The number of amides is 2. The van der Waals surface area contributed by atoms with Crippen LogP contribution in [0.25, 0.3) is 0 Å². The van der Waals surface area contributed by atoms with Crippen LogP contribution in [0.15, 0.2) is 82.3 Å². The van der Waals surface area contributed by atoms with Gasteiger partial charge in [0, 0.05) is 17.6 Å². The summed E-state index contributed by atoms with van der Waals surface area (Å²) in [6.07, 6.45) is 0.573. The Labute approximate surface area is 190 Å². The number of nitrogens with zero attached hydrogens (tertiary/aromatic N) is 1. The average molecular weight is 453 g/mol. The van der Waals surface area contributed by atoms with Crippen LogP contribution in [0.1, 0.15) is 23.0 Å². The predicted octanol–water partition coefficient (Wildman–Crippen LogP) is 3.90. The standard InChI is InChI=1S/C24H24N2O5S/c1-17(23(28)26(2)18-9-4-3-5-10-18)31-24(29)20-12-6-7-13-21(20)32-16-22(27)25-15-19-11-8-14-30-19/h3-14,17H,15-16H2,1-2H3,(H,25,27)/t17-/m0/s1. The van der Waals surface area contributed by atoms with Crippen molar-refractivity contribution >= 4 is 35.2 Å². The number of carbonyl (C=O) groups is 3. The van der Waals surface area contributed by atoms with Gasteiger partial charge < -0.3 is 19.4 Å². The van der Waals surface area contributed by atoms with Gasteiger partial charge in [-0.1, -0.05) is 30.3 Å². The van der Waals surface area contributed by atoms with E-state index in [9.17, 15) is 14.4 Å². The number of hydrogen-bond acceptors (Lipinski definition) is 6. The van der Waals surface area contributed by atoms with Crippen LogP contribution < -0.4 is 10.2 Å². The zero-order valence-corrected chi connectivity index (χ0v) is 18.6. The van der Waals surface area contributed by atoms with E-state index in [0.717, 1.165) is 0 Å². The lowest BCUT2D eigenvalue weighted by Gasteiger charge is -2.22. The van der Waals surface area contributed by atoms with Gasteiger partial charge >= 0.3 is 5.97 Å². The summed E-state index contributed by atoms with van der Waals surface area (Å²) in [4.78, 5) is 39.6. The fourth-order valence-corrected chi connectivity index (χ4v) is 3.75. The molecule has 0 fully saturated rings. The van der Waals surface area contributed by atoms with Crippen LogP contribution in [-0.4, -0.2) is 36.7 Å². The van der Waals surface area contributed by atoms with Gasteiger partial charge in [-0.25, -0.2) is 4.79 Å². The maximum atomic E-state index is 12.7. The first-order valence-electron chi connectivity index (χ1n) is 10.00. The van der Waals surface area contributed by atoms with Gasteiger partial charge in [-0.15, -0.1) is 11.8 Å². The molecule has 2 amide bonds. The molecule has 0 saturated heterocycles. The van der Waals surface area contributed by atoms with E-state index in [1.165, 1.54) is 23.6 Å². The van der Waals surface area contributed by atoms with Gasteiger partial charge in [-0.3, -0.25) is 9.59 Å². The largest absolute Gasteiger partial charge is 0.467 e. The number of furan rings is 1.